The summed E-state index contributed by atoms with van der Waals surface area (Å²) < 4.78 is 16.4. The topological polar surface area (TPSA) is 77.0 Å². The van der Waals surface area contributed by atoms with Crippen molar-refractivity contribution in [2.75, 3.05) is 26.5 Å². The standard InChI is InChI=1S/C19H26N4O3S/c1-4-20-19(22-10-18-23-15(11-27-18)13(2)3)21-7-8-24-14-5-6-16-17(9-14)26-12-25-16/h5-6,9,11,13H,4,7-8,10,12H2,1-3H3,(H2,20,21,22). The summed E-state index contributed by atoms with van der Waals surface area (Å²) in [5, 5.41) is 9.64. The number of aromatic nitrogens is 1. The zero-order chi connectivity index (χ0) is 19.1. The van der Waals surface area contributed by atoms with E-state index in [0.29, 0.717) is 25.6 Å². The number of nitrogens with one attached hydrogen (secondary N) is 2. The molecule has 146 valence electrons. The van der Waals surface area contributed by atoms with Gasteiger partial charge in [0.05, 0.1) is 18.8 Å². The highest BCUT2D eigenvalue weighted by atomic mass is 32.1. The van der Waals surface area contributed by atoms with Gasteiger partial charge in [0, 0.05) is 18.0 Å². The Morgan fingerprint density at radius 3 is 2.93 bits per heavy atom. The van der Waals surface area contributed by atoms with Crippen LogP contribution in [0.4, 0.5) is 0 Å². The number of hydrogen-bond acceptors (Lipinski definition) is 6. The van der Waals surface area contributed by atoms with E-state index in [0.717, 1.165) is 40.5 Å². The molecule has 0 aliphatic carbocycles. The highest BCUT2D eigenvalue weighted by Crippen LogP contribution is 2.34. The fraction of sp³-hybridized carbons (Fsp3) is 0.474. The van der Waals surface area contributed by atoms with Crippen molar-refractivity contribution in [3.63, 3.8) is 0 Å². The minimum absolute atomic E-state index is 0.264. The minimum atomic E-state index is 0.264. The van der Waals surface area contributed by atoms with Crippen LogP contribution in [0.2, 0.25) is 0 Å². The van der Waals surface area contributed by atoms with Crippen LogP contribution < -0.4 is 24.8 Å². The molecule has 2 aromatic rings. The third kappa shape index (κ3) is 5.50. The van der Waals surface area contributed by atoms with E-state index >= 15 is 0 Å². The molecule has 1 aliphatic rings. The first-order valence-electron chi connectivity index (χ1n) is 9.14. The van der Waals surface area contributed by atoms with Crippen LogP contribution in [0, 0.1) is 0 Å². The first kappa shape index (κ1) is 19.3. The van der Waals surface area contributed by atoms with E-state index in [9.17, 15) is 0 Å². The van der Waals surface area contributed by atoms with Crippen molar-refractivity contribution in [1.82, 2.24) is 15.6 Å². The Labute approximate surface area is 163 Å². The zero-order valence-corrected chi connectivity index (χ0v) is 16.8. The van der Waals surface area contributed by atoms with Crippen molar-refractivity contribution in [2.24, 2.45) is 4.99 Å². The van der Waals surface area contributed by atoms with Gasteiger partial charge < -0.3 is 24.8 Å². The molecule has 1 aromatic heterocycles. The lowest BCUT2D eigenvalue weighted by atomic mass is 10.2. The predicted octanol–water partition coefficient (Wildman–Crippen LogP) is 3.13. The average molecular weight is 391 g/mol. The lowest BCUT2D eigenvalue weighted by Crippen LogP contribution is -2.39. The lowest BCUT2D eigenvalue weighted by molar-refractivity contribution is 0.173. The van der Waals surface area contributed by atoms with Crippen LogP contribution in [-0.2, 0) is 6.54 Å². The van der Waals surface area contributed by atoms with Crippen LogP contribution in [0.15, 0.2) is 28.6 Å². The molecule has 2 N–H and O–H groups in total. The first-order valence-corrected chi connectivity index (χ1v) is 10.0. The Hall–Kier alpha value is -2.48. The van der Waals surface area contributed by atoms with E-state index in [1.165, 1.54) is 0 Å². The van der Waals surface area contributed by atoms with Gasteiger partial charge in [0.1, 0.15) is 17.4 Å². The monoisotopic (exact) mass is 390 g/mol. The van der Waals surface area contributed by atoms with Crippen molar-refractivity contribution < 1.29 is 14.2 Å². The largest absolute Gasteiger partial charge is 0.492 e. The molecule has 27 heavy (non-hydrogen) atoms. The molecule has 0 amide bonds. The Kier molecular flexibility index (Phi) is 6.75. The van der Waals surface area contributed by atoms with Crippen molar-refractivity contribution in [3.8, 4) is 17.2 Å². The summed E-state index contributed by atoms with van der Waals surface area (Å²) >= 11 is 1.65. The number of benzene rings is 1. The van der Waals surface area contributed by atoms with Crippen LogP contribution in [-0.4, -0.2) is 37.4 Å². The number of ether oxygens (including phenoxy) is 3. The van der Waals surface area contributed by atoms with Crippen molar-refractivity contribution in [1.29, 1.82) is 0 Å². The summed E-state index contributed by atoms with van der Waals surface area (Å²) in [6.45, 7) is 9.11. The van der Waals surface area contributed by atoms with E-state index in [4.69, 9.17) is 14.2 Å². The van der Waals surface area contributed by atoms with Gasteiger partial charge >= 0.3 is 0 Å². The van der Waals surface area contributed by atoms with E-state index < -0.39 is 0 Å². The quantitative estimate of drug-likeness (QED) is 0.410. The number of guanidine groups is 1. The molecular weight excluding hydrogens is 364 g/mol. The molecule has 2 heterocycles. The van der Waals surface area contributed by atoms with E-state index in [-0.39, 0.29) is 6.79 Å². The molecule has 0 fully saturated rings. The fourth-order valence-corrected chi connectivity index (χ4v) is 3.34. The Morgan fingerprint density at radius 2 is 2.15 bits per heavy atom. The van der Waals surface area contributed by atoms with Crippen LogP contribution in [0.1, 0.15) is 37.4 Å². The SMILES string of the molecule is CCNC(=NCc1nc(C(C)C)cs1)NCCOc1ccc2c(c1)OCO2. The third-order valence-corrected chi connectivity index (χ3v) is 4.74. The van der Waals surface area contributed by atoms with Gasteiger partial charge in [-0.3, -0.25) is 0 Å². The number of thiazole rings is 1. The van der Waals surface area contributed by atoms with E-state index in [1.807, 2.05) is 25.1 Å². The average Bonchev–Trinajstić information content (AvgIpc) is 3.31. The highest BCUT2D eigenvalue weighted by Gasteiger charge is 2.13. The second-order valence-electron chi connectivity index (χ2n) is 6.31. The second-order valence-corrected chi connectivity index (χ2v) is 7.25. The number of rotatable bonds is 8. The number of hydrogen-bond donors (Lipinski definition) is 2. The van der Waals surface area contributed by atoms with Gasteiger partial charge in [0.15, 0.2) is 17.5 Å². The summed E-state index contributed by atoms with van der Waals surface area (Å²) in [7, 11) is 0. The molecule has 0 atom stereocenters. The van der Waals surface area contributed by atoms with Crippen LogP contribution >= 0.6 is 11.3 Å². The van der Waals surface area contributed by atoms with Crippen LogP contribution in [0.5, 0.6) is 17.2 Å². The fourth-order valence-electron chi connectivity index (χ4n) is 2.46. The normalized spacial score (nSPS) is 13.1. The molecule has 1 aliphatic heterocycles. The molecule has 8 heteroatoms. The number of aliphatic imine (C=N–C) groups is 1. The van der Waals surface area contributed by atoms with Crippen molar-refractivity contribution in [3.05, 3.63) is 34.3 Å². The Balaban J connectivity index is 1.46. The van der Waals surface area contributed by atoms with Gasteiger partial charge in [0.2, 0.25) is 6.79 Å². The summed E-state index contributed by atoms with van der Waals surface area (Å²) in [4.78, 5) is 9.21. The maximum Gasteiger partial charge on any atom is 0.231 e. The van der Waals surface area contributed by atoms with E-state index in [1.54, 1.807) is 11.3 Å². The van der Waals surface area contributed by atoms with Gasteiger partial charge in [0.25, 0.3) is 0 Å². The third-order valence-electron chi connectivity index (χ3n) is 3.88. The van der Waals surface area contributed by atoms with Crippen molar-refractivity contribution >= 4 is 17.3 Å². The molecule has 3 rings (SSSR count). The Morgan fingerprint density at radius 1 is 1.30 bits per heavy atom. The molecule has 0 bridgehead atoms. The number of nitrogens with zero attached hydrogens (tertiary/aromatic N) is 2. The van der Waals surface area contributed by atoms with Gasteiger partial charge in [-0.15, -0.1) is 11.3 Å². The summed E-state index contributed by atoms with van der Waals surface area (Å²) in [5.41, 5.74) is 1.13. The summed E-state index contributed by atoms with van der Waals surface area (Å²) in [6.07, 6.45) is 0. The van der Waals surface area contributed by atoms with Crippen molar-refractivity contribution in [2.45, 2.75) is 33.2 Å². The molecule has 0 radical (unpaired) electrons. The second kappa shape index (κ2) is 9.45. The summed E-state index contributed by atoms with van der Waals surface area (Å²) in [6, 6.07) is 5.58. The molecule has 0 unspecified atom stereocenters. The molecule has 0 saturated heterocycles. The van der Waals surface area contributed by atoms with Crippen LogP contribution in [0.3, 0.4) is 0 Å². The number of fused-ring (bicyclic) bond motifs is 1. The highest BCUT2D eigenvalue weighted by molar-refractivity contribution is 7.09. The van der Waals surface area contributed by atoms with Gasteiger partial charge in [-0.1, -0.05) is 13.8 Å². The lowest BCUT2D eigenvalue weighted by Gasteiger charge is -2.12. The van der Waals surface area contributed by atoms with Gasteiger partial charge in [-0.2, -0.15) is 0 Å². The molecule has 0 spiro atoms. The zero-order valence-electron chi connectivity index (χ0n) is 15.9. The summed E-state index contributed by atoms with van der Waals surface area (Å²) in [5.74, 6) is 3.43. The molecular formula is C19H26N4O3S. The van der Waals surface area contributed by atoms with Gasteiger partial charge in [-0.05, 0) is 25.0 Å². The minimum Gasteiger partial charge on any atom is -0.492 e. The molecule has 1 aromatic carbocycles. The maximum atomic E-state index is 5.76. The molecule has 0 saturated carbocycles. The first-order chi connectivity index (χ1) is 13.2. The molecule has 7 nitrogen and oxygen atoms in total. The van der Waals surface area contributed by atoms with Crippen LogP contribution in [0.25, 0.3) is 0 Å². The predicted molar refractivity (Wildman–Crippen MR) is 107 cm³/mol. The Bertz CT molecular complexity index is 776. The smallest absolute Gasteiger partial charge is 0.231 e. The maximum absolute atomic E-state index is 5.76. The van der Waals surface area contributed by atoms with E-state index in [2.05, 4.69) is 39.8 Å². The van der Waals surface area contributed by atoms with Gasteiger partial charge in [-0.25, -0.2) is 9.98 Å².